The topological polar surface area (TPSA) is 40.6 Å². The van der Waals surface area contributed by atoms with E-state index in [1.807, 2.05) is 6.92 Å². The van der Waals surface area contributed by atoms with E-state index in [4.69, 9.17) is 11.6 Å². The van der Waals surface area contributed by atoms with Crippen LogP contribution in [0.4, 0.5) is 0 Å². The Morgan fingerprint density at radius 1 is 1.38 bits per heavy atom. The van der Waals surface area contributed by atoms with Gasteiger partial charge in [0.05, 0.1) is 8.81 Å². The summed E-state index contributed by atoms with van der Waals surface area (Å²) in [5.74, 6) is 0. The molecule has 2 unspecified atom stereocenters. The van der Waals surface area contributed by atoms with Crippen molar-refractivity contribution in [3.05, 3.63) is 14.9 Å². The van der Waals surface area contributed by atoms with Crippen LogP contribution in [0.15, 0.2) is 14.1 Å². The summed E-state index contributed by atoms with van der Waals surface area (Å²) in [5, 5.41) is 0.461. The van der Waals surface area contributed by atoms with E-state index in [1.54, 1.807) is 10.4 Å². The molecule has 8 heteroatoms. The van der Waals surface area contributed by atoms with Gasteiger partial charge in [0.15, 0.2) is 0 Å². The van der Waals surface area contributed by atoms with Crippen molar-refractivity contribution in [3.8, 4) is 0 Å². The van der Waals surface area contributed by atoms with E-state index >= 15 is 0 Å². The molecular formula is C13H18BrClN2O2S2. The number of hydrogen-bond acceptors (Lipinski definition) is 4. The molecule has 3 heterocycles. The summed E-state index contributed by atoms with van der Waals surface area (Å²) in [4.78, 5) is 2.44. The maximum atomic E-state index is 12.9. The number of piperidine rings is 1. The lowest BCUT2D eigenvalue weighted by molar-refractivity contribution is 0.0565. The third-order valence-electron chi connectivity index (χ3n) is 4.32. The third kappa shape index (κ3) is 3.05. The van der Waals surface area contributed by atoms with Gasteiger partial charge in [0, 0.05) is 25.2 Å². The highest BCUT2D eigenvalue weighted by Gasteiger charge is 2.40. The van der Waals surface area contributed by atoms with Gasteiger partial charge >= 0.3 is 0 Å². The Morgan fingerprint density at radius 3 is 2.81 bits per heavy atom. The lowest BCUT2D eigenvalue weighted by Crippen LogP contribution is -2.59. The van der Waals surface area contributed by atoms with Gasteiger partial charge in [-0.1, -0.05) is 18.0 Å². The third-order valence-corrected chi connectivity index (χ3v) is 9.22. The fourth-order valence-electron chi connectivity index (χ4n) is 3.23. The highest BCUT2D eigenvalue weighted by molar-refractivity contribution is 9.11. The average Bonchev–Trinajstić information content (AvgIpc) is 2.78. The lowest BCUT2D eigenvalue weighted by Gasteiger charge is -2.46. The minimum atomic E-state index is -3.45. The van der Waals surface area contributed by atoms with Gasteiger partial charge in [0.25, 0.3) is 10.0 Å². The van der Waals surface area contributed by atoms with Crippen LogP contribution >= 0.6 is 38.9 Å². The van der Waals surface area contributed by atoms with Gasteiger partial charge in [0.1, 0.15) is 4.21 Å². The van der Waals surface area contributed by atoms with Crippen molar-refractivity contribution in [3.63, 3.8) is 0 Å². The highest BCUT2D eigenvalue weighted by Crippen LogP contribution is 2.37. The van der Waals surface area contributed by atoms with E-state index < -0.39 is 10.0 Å². The van der Waals surface area contributed by atoms with Gasteiger partial charge in [-0.2, -0.15) is 4.31 Å². The second kappa shape index (κ2) is 6.09. The summed E-state index contributed by atoms with van der Waals surface area (Å²) in [6, 6.07) is 1.92. The molecule has 2 atom stereocenters. The molecule has 2 saturated heterocycles. The van der Waals surface area contributed by atoms with E-state index in [2.05, 4.69) is 20.8 Å². The number of fused-ring (bicyclic) bond motifs is 1. The molecule has 2 fully saturated rings. The molecule has 2 aliphatic rings. The van der Waals surface area contributed by atoms with Gasteiger partial charge in [-0.25, -0.2) is 8.42 Å². The van der Waals surface area contributed by atoms with Crippen LogP contribution in [0.5, 0.6) is 0 Å². The molecule has 0 N–H and O–H groups in total. The fraction of sp³-hybridized carbons (Fsp3) is 0.692. The summed E-state index contributed by atoms with van der Waals surface area (Å²) in [6.45, 7) is 4.51. The summed E-state index contributed by atoms with van der Waals surface area (Å²) < 4.78 is 28.4. The van der Waals surface area contributed by atoms with Crippen LogP contribution in [0.1, 0.15) is 26.2 Å². The van der Waals surface area contributed by atoms with Crippen LogP contribution in [-0.2, 0) is 10.0 Å². The standard InChI is InChI=1S/C13H18BrClN2O2S2/c1-9-7-16-5-3-2-4-10(16)8-17(9)21(18,19)12-6-11(15)13(14)20-12/h6,9-10H,2-5,7-8H2,1H3. The van der Waals surface area contributed by atoms with Gasteiger partial charge in [-0.05, 0) is 48.3 Å². The van der Waals surface area contributed by atoms with Gasteiger partial charge in [-0.3, -0.25) is 4.90 Å². The Kier molecular flexibility index (Phi) is 4.70. The number of hydrogen-bond donors (Lipinski definition) is 0. The molecule has 2 aliphatic heterocycles. The van der Waals surface area contributed by atoms with E-state index in [1.165, 1.54) is 24.2 Å². The zero-order valence-electron chi connectivity index (χ0n) is 11.8. The second-order valence-corrected chi connectivity index (χ2v) is 10.7. The van der Waals surface area contributed by atoms with E-state index in [9.17, 15) is 8.42 Å². The molecule has 4 nitrogen and oxygen atoms in total. The summed E-state index contributed by atoms with van der Waals surface area (Å²) >= 11 is 10.5. The summed E-state index contributed by atoms with van der Waals surface area (Å²) in [6.07, 6.45) is 3.51. The van der Waals surface area contributed by atoms with Crippen molar-refractivity contribution >= 4 is 48.9 Å². The van der Waals surface area contributed by atoms with Crippen molar-refractivity contribution in [2.75, 3.05) is 19.6 Å². The van der Waals surface area contributed by atoms with Gasteiger partial charge in [-0.15, -0.1) is 11.3 Å². The molecule has 1 aromatic rings. The summed E-state index contributed by atoms with van der Waals surface area (Å²) in [5.41, 5.74) is 0. The number of piperazine rings is 1. The van der Waals surface area contributed by atoms with E-state index in [0.29, 0.717) is 25.6 Å². The summed E-state index contributed by atoms with van der Waals surface area (Å²) in [7, 11) is -3.45. The zero-order chi connectivity index (χ0) is 15.2. The Morgan fingerprint density at radius 2 is 2.14 bits per heavy atom. The highest BCUT2D eigenvalue weighted by atomic mass is 79.9. The number of nitrogens with zero attached hydrogens (tertiary/aromatic N) is 2. The number of rotatable bonds is 2. The molecule has 0 amide bonds. The second-order valence-electron chi connectivity index (χ2n) is 5.76. The Labute approximate surface area is 143 Å². The first-order valence-corrected chi connectivity index (χ1v) is 10.5. The smallest absolute Gasteiger partial charge is 0.252 e. The van der Waals surface area contributed by atoms with Crippen LogP contribution in [0.25, 0.3) is 0 Å². The molecule has 0 aromatic carbocycles. The van der Waals surface area contributed by atoms with Gasteiger partial charge < -0.3 is 0 Å². The number of sulfonamides is 1. The molecule has 0 spiro atoms. The first-order valence-electron chi connectivity index (χ1n) is 7.10. The lowest BCUT2D eigenvalue weighted by atomic mass is 9.99. The molecule has 118 valence electrons. The number of halogens is 2. The zero-order valence-corrected chi connectivity index (χ0v) is 15.7. The Bertz CT molecular complexity index is 615. The fourth-order valence-corrected chi connectivity index (χ4v) is 7.42. The molecule has 21 heavy (non-hydrogen) atoms. The maximum absolute atomic E-state index is 12.9. The monoisotopic (exact) mass is 412 g/mol. The van der Waals surface area contributed by atoms with Crippen LogP contribution < -0.4 is 0 Å². The quantitative estimate of drug-likeness (QED) is 0.746. The molecule has 3 rings (SSSR count). The minimum absolute atomic E-state index is 0.00370. The average molecular weight is 414 g/mol. The van der Waals surface area contributed by atoms with E-state index in [0.717, 1.165) is 19.5 Å². The molecule has 0 aliphatic carbocycles. The van der Waals surface area contributed by atoms with Crippen molar-refractivity contribution in [2.45, 2.75) is 42.5 Å². The number of thiophene rings is 1. The maximum Gasteiger partial charge on any atom is 0.252 e. The molecule has 1 aromatic heterocycles. The van der Waals surface area contributed by atoms with Crippen LogP contribution in [0, 0.1) is 0 Å². The first kappa shape index (κ1) is 16.2. The van der Waals surface area contributed by atoms with Crippen molar-refractivity contribution in [2.24, 2.45) is 0 Å². The van der Waals surface area contributed by atoms with Gasteiger partial charge in [0.2, 0.25) is 0 Å². The van der Waals surface area contributed by atoms with Crippen LogP contribution in [0.3, 0.4) is 0 Å². The largest absolute Gasteiger partial charge is 0.297 e. The Balaban J connectivity index is 1.87. The molecule has 0 saturated carbocycles. The normalized spacial score (nSPS) is 28.5. The predicted molar refractivity (Wildman–Crippen MR) is 89.6 cm³/mol. The molecule has 0 radical (unpaired) electrons. The van der Waals surface area contributed by atoms with Crippen molar-refractivity contribution in [1.82, 2.24) is 9.21 Å². The Hall–Kier alpha value is 0.340. The van der Waals surface area contributed by atoms with Crippen molar-refractivity contribution < 1.29 is 8.42 Å². The van der Waals surface area contributed by atoms with E-state index in [-0.39, 0.29) is 6.04 Å². The predicted octanol–water partition coefficient (Wildman–Crippen LogP) is 3.41. The molecule has 0 bridgehead atoms. The minimum Gasteiger partial charge on any atom is -0.297 e. The van der Waals surface area contributed by atoms with Crippen LogP contribution in [0.2, 0.25) is 5.02 Å². The van der Waals surface area contributed by atoms with Crippen molar-refractivity contribution in [1.29, 1.82) is 0 Å². The first-order chi connectivity index (χ1) is 9.89. The SMILES string of the molecule is CC1CN2CCCCC2CN1S(=O)(=O)c1cc(Cl)c(Br)s1. The molecular weight excluding hydrogens is 396 g/mol. The van der Waals surface area contributed by atoms with Crippen LogP contribution in [-0.4, -0.2) is 49.3 Å².